The molecule has 3 heteroatoms. The third-order valence-corrected chi connectivity index (χ3v) is 5.45. The fourth-order valence-corrected chi connectivity index (χ4v) is 3.70. The van der Waals surface area contributed by atoms with Crippen LogP contribution in [0.2, 0.25) is 0 Å². The van der Waals surface area contributed by atoms with Crippen molar-refractivity contribution in [2.75, 3.05) is 12.8 Å². The quantitative estimate of drug-likeness (QED) is 0.855. The number of hydrogen-bond donors (Lipinski definition) is 2. The van der Waals surface area contributed by atoms with E-state index in [2.05, 4.69) is 11.6 Å². The van der Waals surface area contributed by atoms with Crippen LogP contribution in [0.1, 0.15) is 36.8 Å². The van der Waals surface area contributed by atoms with Crippen LogP contribution in [0.3, 0.4) is 0 Å². The van der Waals surface area contributed by atoms with Crippen molar-refractivity contribution in [2.24, 2.45) is 0 Å². The van der Waals surface area contributed by atoms with E-state index in [0.29, 0.717) is 10.5 Å². The van der Waals surface area contributed by atoms with E-state index in [1.54, 1.807) is 0 Å². The maximum absolute atomic E-state index is 9.97. The molecule has 1 aliphatic rings. The highest BCUT2D eigenvalue weighted by Gasteiger charge is 2.32. The Balaban J connectivity index is 1.90. The fourth-order valence-electron chi connectivity index (χ4n) is 2.76. The van der Waals surface area contributed by atoms with Crippen molar-refractivity contribution < 1.29 is 5.11 Å². The van der Waals surface area contributed by atoms with E-state index < -0.39 is 0 Å². The first kappa shape index (κ1) is 13.8. The summed E-state index contributed by atoms with van der Waals surface area (Å²) in [4.78, 5) is 0. The van der Waals surface area contributed by atoms with Crippen LogP contribution in [0.15, 0.2) is 18.2 Å². The zero-order chi connectivity index (χ0) is 13.0. The molecule has 2 rings (SSSR count). The van der Waals surface area contributed by atoms with Crippen molar-refractivity contribution in [3.63, 3.8) is 0 Å². The van der Waals surface area contributed by atoms with Gasteiger partial charge in [-0.1, -0.05) is 31.0 Å². The molecule has 0 atom stereocenters. The van der Waals surface area contributed by atoms with Crippen molar-refractivity contribution in [1.82, 2.24) is 5.32 Å². The Morgan fingerprint density at radius 1 is 1.33 bits per heavy atom. The van der Waals surface area contributed by atoms with Crippen molar-refractivity contribution in [2.45, 2.75) is 43.9 Å². The third-order valence-electron chi connectivity index (χ3n) is 4.03. The lowest BCUT2D eigenvalue weighted by Gasteiger charge is -2.27. The lowest BCUT2D eigenvalue weighted by molar-refractivity contribution is 0.456. The maximum atomic E-state index is 9.97. The zero-order valence-electron chi connectivity index (χ0n) is 11.3. The van der Waals surface area contributed by atoms with Crippen molar-refractivity contribution >= 4 is 11.8 Å². The molecule has 1 aliphatic carbocycles. The van der Waals surface area contributed by atoms with Crippen LogP contribution >= 0.6 is 11.8 Å². The minimum absolute atomic E-state index is 0.430. The van der Waals surface area contributed by atoms with Gasteiger partial charge >= 0.3 is 0 Å². The summed E-state index contributed by atoms with van der Waals surface area (Å²) in [6, 6.07) is 5.95. The van der Waals surface area contributed by atoms with Crippen molar-refractivity contribution in [1.29, 1.82) is 0 Å². The Kier molecular flexibility index (Phi) is 4.57. The standard InChI is InChI=1S/C15H23NOS/c1-12-6-5-7-13(14(12)17)10-16-11-15(18-2)8-3-4-9-15/h5-7,16-17H,3-4,8-11H2,1-2H3. The molecule has 1 saturated carbocycles. The summed E-state index contributed by atoms with van der Waals surface area (Å²) in [7, 11) is 0. The highest BCUT2D eigenvalue weighted by atomic mass is 32.2. The lowest BCUT2D eigenvalue weighted by Crippen LogP contribution is -2.34. The average Bonchev–Trinajstić information content (AvgIpc) is 2.84. The van der Waals surface area contributed by atoms with Gasteiger partial charge in [0, 0.05) is 23.4 Å². The molecule has 0 heterocycles. The molecule has 1 fully saturated rings. The molecule has 2 N–H and O–H groups in total. The van der Waals surface area contributed by atoms with Gasteiger partial charge in [-0.3, -0.25) is 0 Å². The Morgan fingerprint density at radius 2 is 2.06 bits per heavy atom. The van der Waals surface area contributed by atoms with E-state index >= 15 is 0 Å². The number of rotatable bonds is 5. The first-order chi connectivity index (χ1) is 8.67. The minimum Gasteiger partial charge on any atom is -0.507 e. The molecule has 0 bridgehead atoms. The molecule has 0 unspecified atom stereocenters. The normalized spacial score (nSPS) is 18.1. The van der Waals surface area contributed by atoms with E-state index in [1.807, 2.05) is 36.9 Å². The van der Waals surface area contributed by atoms with E-state index in [-0.39, 0.29) is 0 Å². The van der Waals surface area contributed by atoms with Gasteiger partial charge in [-0.15, -0.1) is 0 Å². The number of phenolic OH excluding ortho intramolecular Hbond substituents is 1. The van der Waals surface area contributed by atoms with Crippen LogP contribution in [-0.2, 0) is 6.54 Å². The first-order valence-corrected chi connectivity index (χ1v) is 7.93. The summed E-state index contributed by atoms with van der Waals surface area (Å²) in [6.45, 7) is 3.75. The van der Waals surface area contributed by atoms with Gasteiger partial charge in [0.2, 0.25) is 0 Å². The van der Waals surface area contributed by atoms with Gasteiger partial charge in [0.1, 0.15) is 5.75 Å². The predicted molar refractivity (Wildman–Crippen MR) is 79.3 cm³/mol. The van der Waals surface area contributed by atoms with Crippen LogP contribution in [0.25, 0.3) is 0 Å². The lowest BCUT2D eigenvalue weighted by atomic mass is 10.1. The van der Waals surface area contributed by atoms with Gasteiger partial charge in [0.05, 0.1) is 0 Å². The van der Waals surface area contributed by atoms with Crippen LogP contribution in [0, 0.1) is 6.92 Å². The number of thioether (sulfide) groups is 1. The largest absolute Gasteiger partial charge is 0.507 e. The van der Waals surface area contributed by atoms with E-state index in [0.717, 1.165) is 24.2 Å². The molecular weight excluding hydrogens is 242 g/mol. The number of para-hydroxylation sites is 1. The van der Waals surface area contributed by atoms with Crippen LogP contribution in [0.4, 0.5) is 0 Å². The number of benzene rings is 1. The second kappa shape index (κ2) is 5.98. The van der Waals surface area contributed by atoms with Gasteiger partial charge in [-0.2, -0.15) is 11.8 Å². The molecule has 18 heavy (non-hydrogen) atoms. The van der Waals surface area contributed by atoms with Crippen LogP contribution in [0.5, 0.6) is 5.75 Å². The first-order valence-electron chi connectivity index (χ1n) is 6.70. The molecule has 0 saturated heterocycles. The third kappa shape index (κ3) is 3.01. The molecule has 0 aromatic heterocycles. The van der Waals surface area contributed by atoms with Crippen LogP contribution < -0.4 is 5.32 Å². The van der Waals surface area contributed by atoms with Gasteiger partial charge < -0.3 is 10.4 Å². The minimum atomic E-state index is 0.430. The smallest absolute Gasteiger partial charge is 0.122 e. The summed E-state index contributed by atoms with van der Waals surface area (Å²) >= 11 is 2.00. The maximum Gasteiger partial charge on any atom is 0.122 e. The molecule has 0 radical (unpaired) electrons. The summed E-state index contributed by atoms with van der Waals surface area (Å²) in [5, 5.41) is 13.5. The number of hydrogen-bond acceptors (Lipinski definition) is 3. The second-order valence-corrected chi connectivity index (χ2v) is 6.55. The topological polar surface area (TPSA) is 32.3 Å². The molecular formula is C15H23NOS. The van der Waals surface area contributed by atoms with Gasteiger partial charge in [-0.25, -0.2) is 0 Å². The number of phenols is 1. The molecule has 1 aromatic rings. The average molecular weight is 265 g/mol. The van der Waals surface area contributed by atoms with Gasteiger partial charge in [0.15, 0.2) is 0 Å². The zero-order valence-corrected chi connectivity index (χ0v) is 12.1. The molecule has 0 spiro atoms. The Bertz CT molecular complexity index is 399. The van der Waals surface area contributed by atoms with E-state index in [4.69, 9.17) is 0 Å². The Morgan fingerprint density at radius 3 is 2.72 bits per heavy atom. The number of aromatic hydroxyl groups is 1. The summed E-state index contributed by atoms with van der Waals surface area (Å²) in [5.41, 5.74) is 1.96. The fraction of sp³-hybridized carbons (Fsp3) is 0.600. The van der Waals surface area contributed by atoms with Gasteiger partial charge in [0.25, 0.3) is 0 Å². The monoisotopic (exact) mass is 265 g/mol. The predicted octanol–water partition coefficient (Wildman–Crippen LogP) is 3.47. The Hall–Kier alpha value is -0.670. The molecule has 2 nitrogen and oxygen atoms in total. The van der Waals surface area contributed by atoms with Crippen molar-refractivity contribution in [3.8, 4) is 5.75 Å². The van der Waals surface area contributed by atoms with Crippen LogP contribution in [-0.4, -0.2) is 22.7 Å². The Labute approximate surface area is 114 Å². The molecule has 100 valence electrons. The number of aryl methyl sites for hydroxylation is 1. The highest BCUT2D eigenvalue weighted by Crippen LogP contribution is 2.39. The summed E-state index contributed by atoms with van der Waals surface area (Å²) in [5.74, 6) is 0.439. The van der Waals surface area contributed by atoms with Crippen molar-refractivity contribution in [3.05, 3.63) is 29.3 Å². The molecule has 0 aliphatic heterocycles. The summed E-state index contributed by atoms with van der Waals surface area (Å²) in [6.07, 6.45) is 7.58. The van der Waals surface area contributed by atoms with E-state index in [9.17, 15) is 5.11 Å². The molecule has 0 amide bonds. The van der Waals surface area contributed by atoms with E-state index in [1.165, 1.54) is 25.7 Å². The highest BCUT2D eigenvalue weighted by molar-refractivity contribution is 8.00. The molecule has 1 aromatic carbocycles. The SMILES string of the molecule is CSC1(CNCc2cccc(C)c2O)CCCC1. The summed E-state index contributed by atoms with van der Waals surface area (Å²) < 4.78 is 0.430. The van der Waals surface area contributed by atoms with Gasteiger partial charge in [-0.05, 0) is 31.6 Å². The second-order valence-electron chi connectivity index (χ2n) is 5.28. The number of nitrogens with one attached hydrogen (secondary N) is 1.